The summed E-state index contributed by atoms with van der Waals surface area (Å²) in [6, 6.07) is 13.3. The van der Waals surface area contributed by atoms with E-state index < -0.39 is 0 Å². The Morgan fingerprint density at radius 1 is 1.29 bits per heavy atom. The maximum absolute atomic E-state index is 4.58. The number of benzene rings is 1. The van der Waals surface area contributed by atoms with E-state index in [-0.39, 0.29) is 0 Å². The van der Waals surface area contributed by atoms with Crippen LogP contribution in [0.15, 0.2) is 42.6 Å². The quantitative estimate of drug-likeness (QED) is 0.902. The van der Waals surface area contributed by atoms with Crippen LogP contribution in [0.25, 0.3) is 0 Å². The molecule has 0 bridgehead atoms. The molecule has 3 nitrogen and oxygen atoms in total. The van der Waals surface area contributed by atoms with Crippen molar-refractivity contribution in [1.29, 1.82) is 0 Å². The Labute approximate surface area is 127 Å². The van der Waals surface area contributed by atoms with E-state index in [9.17, 15) is 0 Å². The molecule has 0 fully saturated rings. The van der Waals surface area contributed by atoms with Gasteiger partial charge >= 0.3 is 0 Å². The lowest BCUT2D eigenvalue weighted by Crippen LogP contribution is -2.20. The van der Waals surface area contributed by atoms with Gasteiger partial charge in [0.15, 0.2) is 0 Å². The average molecular weight is 281 g/mol. The van der Waals surface area contributed by atoms with Crippen LogP contribution < -0.4 is 10.2 Å². The van der Waals surface area contributed by atoms with E-state index in [2.05, 4.69) is 65.4 Å². The fourth-order valence-electron chi connectivity index (χ4n) is 2.91. The van der Waals surface area contributed by atoms with Gasteiger partial charge < -0.3 is 10.2 Å². The molecule has 1 aromatic heterocycles. The molecule has 1 atom stereocenters. The molecular formula is C18H23N3. The smallest absolute Gasteiger partial charge is 0.133 e. The zero-order valence-electron chi connectivity index (χ0n) is 12.8. The van der Waals surface area contributed by atoms with Crippen LogP contribution in [0.4, 0.5) is 11.5 Å². The standard InChI is InChI=1S/C18H23N3/c1-3-10-19-14(2)16-8-11-20-18(13-16)21-12-9-15-6-4-5-7-17(15)21/h4-8,11,13-14,19H,3,9-10,12H2,1-2H3. The van der Waals surface area contributed by atoms with Crippen molar-refractivity contribution in [2.24, 2.45) is 0 Å². The van der Waals surface area contributed by atoms with E-state index in [0.717, 1.165) is 31.7 Å². The molecule has 0 radical (unpaired) electrons. The first-order valence-electron chi connectivity index (χ1n) is 7.84. The summed E-state index contributed by atoms with van der Waals surface area (Å²) >= 11 is 0. The van der Waals surface area contributed by atoms with E-state index in [1.54, 1.807) is 0 Å². The highest BCUT2D eigenvalue weighted by Crippen LogP contribution is 2.33. The number of anilines is 2. The highest BCUT2D eigenvalue weighted by atomic mass is 15.2. The van der Waals surface area contributed by atoms with Gasteiger partial charge in [-0.15, -0.1) is 0 Å². The minimum absolute atomic E-state index is 0.365. The fourth-order valence-corrected chi connectivity index (χ4v) is 2.91. The van der Waals surface area contributed by atoms with Crippen LogP contribution in [0.5, 0.6) is 0 Å². The predicted molar refractivity (Wildman–Crippen MR) is 88.1 cm³/mol. The van der Waals surface area contributed by atoms with Gasteiger partial charge in [-0.1, -0.05) is 25.1 Å². The molecule has 2 aromatic rings. The number of hydrogen-bond donors (Lipinski definition) is 1. The maximum Gasteiger partial charge on any atom is 0.133 e. The van der Waals surface area contributed by atoms with E-state index in [1.165, 1.54) is 16.8 Å². The molecular weight excluding hydrogens is 258 g/mol. The fraction of sp³-hybridized carbons (Fsp3) is 0.389. The van der Waals surface area contributed by atoms with Gasteiger partial charge in [0.25, 0.3) is 0 Å². The lowest BCUT2D eigenvalue weighted by molar-refractivity contribution is 0.570. The molecule has 1 N–H and O–H groups in total. The zero-order valence-corrected chi connectivity index (χ0v) is 12.8. The number of pyridine rings is 1. The van der Waals surface area contributed by atoms with Crippen molar-refractivity contribution in [2.75, 3.05) is 18.0 Å². The van der Waals surface area contributed by atoms with Gasteiger partial charge in [-0.2, -0.15) is 0 Å². The summed E-state index contributed by atoms with van der Waals surface area (Å²) in [5, 5.41) is 3.54. The molecule has 0 saturated carbocycles. The van der Waals surface area contributed by atoms with Crippen LogP contribution in [-0.2, 0) is 6.42 Å². The van der Waals surface area contributed by atoms with Crippen LogP contribution in [0.3, 0.4) is 0 Å². The van der Waals surface area contributed by atoms with Gasteiger partial charge in [-0.05, 0) is 55.6 Å². The third-order valence-corrected chi connectivity index (χ3v) is 4.13. The number of nitrogens with one attached hydrogen (secondary N) is 1. The topological polar surface area (TPSA) is 28.2 Å². The van der Waals surface area contributed by atoms with Gasteiger partial charge in [0.2, 0.25) is 0 Å². The third-order valence-electron chi connectivity index (χ3n) is 4.13. The van der Waals surface area contributed by atoms with Gasteiger partial charge in [-0.3, -0.25) is 0 Å². The Balaban J connectivity index is 1.84. The second kappa shape index (κ2) is 6.27. The summed E-state index contributed by atoms with van der Waals surface area (Å²) < 4.78 is 0. The Hall–Kier alpha value is -1.87. The molecule has 110 valence electrons. The summed E-state index contributed by atoms with van der Waals surface area (Å²) in [6.07, 6.45) is 4.18. The van der Waals surface area contributed by atoms with Crippen molar-refractivity contribution in [3.63, 3.8) is 0 Å². The molecule has 3 rings (SSSR count). The van der Waals surface area contributed by atoms with Crippen LogP contribution >= 0.6 is 0 Å². The van der Waals surface area contributed by atoms with Gasteiger partial charge in [-0.25, -0.2) is 4.98 Å². The molecule has 2 heterocycles. The van der Waals surface area contributed by atoms with Crippen LogP contribution in [0.1, 0.15) is 37.4 Å². The van der Waals surface area contributed by atoms with Crippen molar-refractivity contribution < 1.29 is 0 Å². The lowest BCUT2D eigenvalue weighted by atomic mass is 10.1. The highest BCUT2D eigenvalue weighted by Gasteiger charge is 2.21. The first kappa shape index (κ1) is 14.1. The van der Waals surface area contributed by atoms with Crippen molar-refractivity contribution in [1.82, 2.24) is 10.3 Å². The summed E-state index contributed by atoms with van der Waals surface area (Å²) in [6.45, 7) is 6.48. The van der Waals surface area contributed by atoms with Crippen molar-refractivity contribution in [3.8, 4) is 0 Å². The molecule has 0 amide bonds. The van der Waals surface area contributed by atoms with Crippen molar-refractivity contribution >= 4 is 11.5 Å². The molecule has 1 unspecified atom stereocenters. The monoisotopic (exact) mass is 281 g/mol. The third kappa shape index (κ3) is 2.93. The second-order valence-electron chi connectivity index (χ2n) is 5.65. The van der Waals surface area contributed by atoms with E-state index in [0.29, 0.717) is 6.04 Å². The van der Waals surface area contributed by atoms with Crippen LogP contribution in [0, 0.1) is 0 Å². The van der Waals surface area contributed by atoms with Crippen molar-refractivity contribution in [3.05, 3.63) is 53.7 Å². The van der Waals surface area contributed by atoms with Gasteiger partial charge in [0.1, 0.15) is 5.82 Å². The molecule has 0 aliphatic carbocycles. The summed E-state index contributed by atoms with van der Waals surface area (Å²) in [7, 11) is 0. The summed E-state index contributed by atoms with van der Waals surface area (Å²) in [5.74, 6) is 1.06. The maximum atomic E-state index is 4.58. The Morgan fingerprint density at radius 3 is 3.00 bits per heavy atom. The number of hydrogen-bond acceptors (Lipinski definition) is 3. The Bertz CT molecular complexity index is 609. The Morgan fingerprint density at radius 2 is 2.14 bits per heavy atom. The van der Waals surface area contributed by atoms with Crippen molar-refractivity contribution in [2.45, 2.75) is 32.7 Å². The largest absolute Gasteiger partial charge is 0.326 e. The predicted octanol–water partition coefficient (Wildman–Crippen LogP) is 3.84. The summed E-state index contributed by atoms with van der Waals surface area (Å²) in [4.78, 5) is 6.91. The molecule has 0 spiro atoms. The zero-order chi connectivity index (χ0) is 14.7. The summed E-state index contributed by atoms with van der Waals surface area (Å²) in [5.41, 5.74) is 4.02. The normalized spacial score (nSPS) is 15.0. The van der Waals surface area contributed by atoms with E-state index in [4.69, 9.17) is 0 Å². The number of rotatable bonds is 5. The van der Waals surface area contributed by atoms with Crippen LogP contribution in [-0.4, -0.2) is 18.1 Å². The average Bonchev–Trinajstić information content (AvgIpc) is 2.97. The van der Waals surface area contributed by atoms with Crippen LogP contribution in [0.2, 0.25) is 0 Å². The molecule has 21 heavy (non-hydrogen) atoms. The minimum Gasteiger partial charge on any atom is -0.326 e. The molecule has 0 saturated heterocycles. The second-order valence-corrected chi connectivity index (χ2v) is 5.65. The van der Waals surface area contributed by atoms with Gasteiger partial charge in [0.05, 0.1) is 0 Å². The van der Waals surface area contributed by atoms with Gasteiger partial charge in [0, 0.05) is 24.5 Å². The molecule has 1 aliphatic rings. The molecule has 3 heteroatoms. The molecule has 1 aromatic carbocycles. The Kier molecular flexibility index (Phi) is 4.20. The number of fused-ring (bicyclic) bond motifs is 1. The van der Waals surface area contributed by atoms with E-state index in [1.807, 2.05) is 6.20 Å². The molecule has 1 aliphatic heterocycles. The lowest BCUT2D eigenvalue weighted by Gasteiger charge is -2.20. The van der Waals surface area contributed by atoms with E-state index >= 15 is 0 Å². The first-order chi connectivity index (χ1) is 10.3. The SMILES string of the molecule is CCCNC(C)c1ccnc(N2CCc3ccccc32)c1. The minimum atomic E-state index is 0.365. The first-order valence-corrected chi connectivity index (χ1v) is 7.84. The highest BCUT2D eigenvalue weighted by molar-refractivity contribution is 5.67. The number of para-hydroxylation sites is 1. The number of aromatic nitrogens is 1. The number of nitrogens with zero attached hydrogens (tertiary/aromatic N) is 2.